The fraction of sp³-hybridized carbons (Fsp3) is 0.731. The first kappa shape index (κ1) is 25.3. The Labute approximate surface area is 207 Å². The van der Waals surface area contributed by atoms with Gasteiger partial charge in [-0.25, -0.2) is 0 Å². The number of thioether (sulfide) groups is 1. The Kier molecular flexibility index (Phi) is 7.77. The zero-order chi connectivity index (χ0) is 24.5. The zero-order valence-electron chi connectivity index (χ0n) is 20.4. The fourth-order valence-corrected chi connectivity index (χ4v) is 9.05. The highest BCUT2D eigenvalue weighted by Gasteiger charge is 2.74. The lowest BCUT2D eigenvalue weighted by Crippen LogP contribution is -2.57. The Morgan fingerprint density at radius 1 is 1.15 bits per heavy atom. The molecular weight excluding hydrogens is 450 g/mol. The second-order valence-electron chi connectivity index (χ2n) is 10.2. The van der Waals surface area contributed by atoms with Gasteiger partial charge < -0.3 is 19.8 Å². The van der Waals surface area contributed by atoms with Crippen LogP contribution in [0, 0.1) is 11.8 Å². The van der Waals surface area contributed by atoms with Gasteiger partial charge in [-0.3, -0.25) is 14.4 Å². The standard InChI is InChI=1S/C26H39N3O4S/c1-4-14-27(3)23(31)20-19-12-13-26(34-19)21(20)24(32)29(16-9-17-30)22(26)25(33)28(15-5-2)18-10-7-6-8-11-18/h4-5,18-22,30H,1-2,6-17H2,3H3/t19-,20+,21-,22?,26?/m0/s1. The van der Waals surface area contributed by atoms with Gasteiger partial charge in [-0.1, -0.05) is 31.4 Å². The van der Waals surface area contributed by atoms with Crippen LogP contribution in [0.15, 0.2) is 25.3 Å². The zero-order valence-corrected chi connectivity index (χ0v) is 21.2. The Hall–Kier alpha value is -1.80. The van der Waals surface area contributed by atoms with E-state index in [9.17, 15) is 19.5 Å². The van der Waals surface area contributed by atoms with E-state index in [1.54, 1.807) is 40.8 Å². The summed E-state index contributed by atoms with van der Waals surface area (Å²) in [5.41, 5.74) is 0. The number of hydrogen-bond acceptors (Lipinski definition) is 5. The van der Waals surface area contributed by atoms with Gasteiger partial charge >= 0.3 is 0 Å². The van der Waals surface area contributed by atoms with Gasteiger partial charge in [0.05, 0.1) is 16.6 Å². The van der Waals surface area contributed by atoms with Crippen LogP contribution >= 0.6 is 11.8 Å². The Morgan fingerprint density at radius 2 is 1.85 bits per heavy atom. The molecule has 4 aliphatic rings. The predicted octanol–water partition coefficient (Wildman–Crippen LogP) is 2.45. The van der Waals surface area contributed by atoms with Crippen molar-refractivity contribution in [1.29, 1.82) is 0 Å². The lowest BCUT2D eigenvalue weighted by molar-refractivity contribution is -0.145. The number of aliphatic hydroxyl groups excluding tert-OH is 1. The molecule has 0 aromatic rings. The smallest absolute Gasteiger partial charge is 0.247 e. The van der Waals surface area contributed by atoms with Crippen LogP contribution in [-0.4, -0.2) is 92.9 Å². The molecule has 1 N–H and O–H groups in total. The van der Waals surface area contributed by atoms with E-state index >= 15 is 0 Å². The van der Waals surface area contributed by atoms with E-state index in [4.69, 9.17) is 0 Å². The molecule has 0 aromatic carbocycles. The van der Waals surface area contributed by atoms with Crippen molar-refractivity contribution < 1.29 is 19.5 Å². The number of carbonyl (C=O) groups excluding carboxylic acids is 3. The molecule has 1 spiro atoms. The van der Waals surface area contributed by atoms with Crippen LogP contribution in [-0.2, 0) is 14.4 Å². The molecule has 7 nitrogen and oxygen atoms in total. The second-order valence-corrected chi connectivity index (χ2v) is 11.8. The molecule has 3 aliphatic heterocycles. The number of amides is 3. The number of nitrogens with zero attached hydrogens (tertiary/aromatic N) is 3. The molecule has 1 aliphatic carbocycles. The summed E-state index contributed by atoms with van der Waals surface area (Å²) in [7, 11) is 1.76. The molecule has 0 radical (unpaired) electrons. The van der Waals surface area contributed by atoms with Gasteiger partial charge in [0.2, 0.25) is 17.7 Å². The van der Waals surface area contributed by atoms with Crippen LogP contribution in [0.3, 0.4) is 0 Å². The molecule has 3 amide bonds. The number of carbonyl (C=O) groups is 3. The molecule has 2 unspecified atom stereocenters. The SMILES string of the molecule is C=CCN(C)C(=O)[C@@H]1[C@@H]2CCC3(S2)C(C(=O)N(CC=C)C2CCCCC2)N(CCCO)C(=O)[C@H]13. The van der Waals surface area contributed by atoms with Crippen molar-refractivity contribution in [3.05, 3.63) is 25.3 Å². The summed E-state index contributed by atoms with van der Waals surface area (Å²) in [6.07, 6.45) is 10.9. The number of rotatable bonds is 10. The number of likely N-dealkylation sites (N-methyl/N-ethyl adjacent to an activating group) is 1. The molecule has 8 heteroatoms. The van der Waals surface area contributed by atoms with Crippen LogP contribution in [0.1, 0.15) is 51.4 Å². The van der Waals surface area contributed by atoms with Crippen molar-refractivity contribution in [2.75, 3.05) is 33.3 Å². The minimum Gasteiger partial charge on any atom is -0.396 e. The Balaban J connectivity index is 1.70. The van der Waals surface area contributed by atoms with E-state index in [1.807, 2.05) is 4.90 Å². The maximum atomic E-state index is 14.3. The molecule has 34 heavy (non-hydrogen) atoms. The van der Waals surface area contributed by atoms with Crippen LogP contribution < -0.4 is 0 Å². The first-order valence-electron chi connectivity index (χ1n) is 12.8. The number of fused-ring (bicyclic) bond motifs is 1. The maximum absolute atomic E-state index is 14.3. The fourth-order valence-electron chi connectivity index (χ4n) is 6.84. The summed E-state index contributed by atoms with van der Waals surface area (Å²) in [6, 6.07) is -0.416. The second kappa shape index (κ2) is 10.4. The number of aliphatic hydroxyl groups is 1. The largest absolute Gasteiger partial charge is 0.396 e. The summed E-state index contributed by atoms with van der Waals surface area (Å²) in [4.78, 5) is 46.9. The van der Waals surface area contributed by atoms with Crippen molar-refractivity contribution in [2.24, 2.45) is 11.8 Å². The maximum Gasteiger partial charge on any atom is 0.247 e. The molecule has 188 valence electrons. The van der Waals surface area contributed by atoms with Gasteiger partial charge in [0, 0.05) is 44.6 Å². The minimum atomic E-state index is -0.587. The van der Waals surface area contributed by atoms with E-state index in [1.165, 1.54) is 6.42 Å². The predicted molar refractivity (Wildman–Crippen MR) is 134 cm³/mol. The van der Waals surface area contributed by atoms with E-state index < -0.39 is 22.6 Å². The summed E-state index contributed by atoms with van der Waals surface area (Å²) < 4.78 is -0.572. The van der Waals surface area contributed by atoms with Gasteiger partial charge in [0.25, 0.3) is 0 Å². The quantitative estimate of drug-likeness (QED) is 0.477. The average Bonchev–Trinajstić information content (AvgIpc) is 3.48. The monoisotopic (exact) mass is 489 g/mol. The summed E-state index contributed by atoms with van der Waals surface area (Å²) >= 11 is 1.71. The third kappa shape index (κ3) is 4.11. The summed E-state index contributed by atoms with van der Waals surface area (Å²) in [5, 5.41) is 9.58. The molecule has 4 rings (SSSR count). The van der Waals surface area contributed by atoms with Crippen molar-refractivity contribution >= 4 is 29.5 Å². The molecule has 2 bridgehead atoms. The molecule has 3 heterocycles. The number of likely N-dealkylation sites (tertiary alicyclic amines) is 1. The average molecular weight is 490 g/mol. The van der Waals surface area contributed by atoms with Gasteiger partial charge in [-0.05, 0) is 32.1 Å². The van der Waals surface area contributed by atoms with Crippen molar-refractivity contribution in [1.82, 2.24) is 14.7 Å². The minimum absolute atomic E-state index is 0.00119. The molecule has 5 atom stereocenters. The Bertz CT molecular complexity index is 829. The highest BCUT2D eigenvalue weighted by atomic mass is 32.2. The van der Waals surface area contributed by atoms with Crippen LogP contribution in [0.25, 0.3) is 0 Å². The molecule has 0 aromatic heterocycles. The van der Waals surface area contributed by atoms with Gasteiger partial charge in [0.1, 0.15) is 6.04 Å². The highest BCUT2D eigenvalue weighted by molar-refractivity contribution is 8.02. The van der Waals surface area contributed by atoms with Gasteiger partial charge in [0.15, 0.2) is 0 Å². The molecular formula is C26H39N3O4S. The molecule has 1 saturated carbocycles. The summed E-state index contributed by atoms with van der Waals surface area (Å²) in [5.74, 6) is -1.01. The highest BCUT2D eigenvalue weighted by Crippen LogP contribution is 2.66. The van der Waals surface area contributed by atoms with Crippen LogP contribution in [0.4, 0.5) is 0 Å². The number of hydrogen-bond donors (Lipinski definition) is 1. The van der Waals surface area contributed by atoms with E-state index in [0.717, 1.165) is 38.5 Å². The van der Waals surface area contributed by atoms with Crippen LogP contribution in [0.5, 0.6) is 0 Å². The lowest BCUT2D eigenvalue weighted by Gasteiger charge is -2.41. The van der Waals surface area contributed by atoms with Gasteiger partial charge in [-0.15, -0.1) is 24.9 Å². The first-order chi connectivity index (χ1) is 16.4. The van der Waals surface area contributed by atoms with Crippen molar-refractivity contribution in [3.8, 4) is 0 Å². The third-order valence-electron chi connectivity index (χ3n) is 8.28. The van der Waals surface area contributed by atoms with Crippen molar-refractivity contribution in [3.63, 3.8) is 0 Å². The normalized spacial score (nSPS) is 32.5. The lowest BCUT2D eigenvalue weighted by atomic mass is 9.70. The van der Waals surface area contributed by atoms with E-state index in [0.29, 0.717) is 26.1 Å². The Morgan fingerprint density at radius 3 is 2.50 bits per heavy atom. The van der Waals surface area contributed by atoms with Crippen LogP contribution in [0.2, 0.25) is 0 Å². The molecule has 4 fully saturated rings. The third-order valence-corrected chi connectivity index (χ3v) is 10.2. The summed E-state index contributed by atoms with van der Waals surface area (Å²) in [6.45, 7) is 8.85. The van der Waals surface area contributed by atoms with E-state index in [2.05, 4.69) is 13.2 Å². The molecule has 3 saturated heterocycles. The van der Waals surface area contributed by atoms with Gasteiger partial charge in [-0.2, -0.15) is 0 Å². The topological polar surface area (TPSA) is 81.2 Å². The first-order valence-corrected chi connectivity index (χ1v) is 13.7. The van der Waals surface area contributed by atoms with Crippen molar-refractivity contribution in [2.45, 2.75) is 73.4 Å². The van der Waals surface area contributed by atoms with E-state index in [-0.39, 0.29) is 35.6 Å².